The summed E-state index contributed by atoms with van der Waals surface area (Å²) in [6, 6.07) is 11.4. The van der Waals surface area contributed by atoms with Crippen LogP contribution in [0.3, 0.4) is 0 Å². The molecule has 0 nitrogen and oxygen atoms in total. The van der Waals surface area contributed by atoms with Gasteiger partial charge in [0.2, 0.25) is 0 Å². The molecule has 2 aliphatic carbocycles. The van der Waals surface area contributed by atoms with Crippen LogP contribution in [0, 0.1) is 10.8 Å². The summed E-state index contributed by atoms with van der Waals surface area (Å²) in [5, 5.41) is 0. The van der Waals surface area contributed by atoms with Crippen LogP contribution in [-0.4, -0.2) is 6.88 Å². The molecule has 0 aromatic heterocycles. The zero-order valence-corrected chi connectivity index (χ0v) is 24.6. The standard InChI is InChI=1S/2C9H13.C6H5.CH3.2ClH.H2Si.Zr/c2*1-9(2,3)8-6-4-5-7-8;1-2-4-6-5-3-1;;;;;/h2*6-7H,4H2,1-3H3;1-5H;1H3;2*1H;1H2;. The second kappa shape index (κ2) is 8.78. The van der Waals surface area contributed by atoms with Gasteiger partial charge in [-0.05, 0) is 0 Å². The van der Waals surface area contributed by atoms with Crippen molar-refractivity contribution in [1.29, 1.82) is 0 Å². The van der Waals surface area contributed by atoms with Crippen LogP contribution in [0.25, 0.3) is 0 Å². The maximum Gasteiger partial charge on any atom is -0.147 e. The molecule has 0 unspecified atom stereocenters. The van der Waals surface area contributed by atoms with Gasteiger partial charge in [0.05, 0.1) is 0 Å². The predicted octanol–water partition coefficient (Wildman–Crippen LogP) is 6.96. The molecule has 4 heteroatoms. The maximum atomic E-state index is 2.67. The van der Waals surface area contributed by atoms with Crippen molar-refractivity contribution >= 4 is 35.0 Å². The minimum atomic E-state index is -3.49. The topological polar surface area (TPSA) is 0 Å². The normalized spacial score (nSPS) is 17.5. The Hall–Kier alpha value is -0.140. The van der Waals surface area contributed by atoms with E-state index in [1.165, 1.54) is 11.1 Å². The van der Waals surface area contributed by atoms with E-state index in [1.807, 2.05) is 0 Å². The first-order chi connectivity index (χ1) is 12.3. The molecule has 29 heavy (non-hydrogen) atoms. The Morgan fingerprint density at radius 3 is 1.41 bits per heavy atom. The second-order valence-corrected chi connectivity index (χ2v) is 35.9. The molecule has 0 spiro atoms. The van der Waals surface area contributed by atoms with Crippen molar-refractivity contribution in [3.05, 3.63) is 72.3 Å². The van der Waals surface area contributed by atoms with Crippen molar-refractivity contribution in [2.24, 2.45) is 10.8 Å². The van der Waals surface area contributed by atoms with Crippen LogP contribution in [0.5, 0.6) is 0 Å². The molecular formula is C25H38Cl2SiZr. The average molecular weight is 529 g/mol. The Balaban J connectivity index is 0.00000210. The largest absolute Gasteiger partial charge is 0.147 e. The second-order valence-electron chi connectivity index (χ2n) is 10.9. The van der Waals surface area contributed by atoms with Gasteiger partial charge in [0.25, 0.3) is 0 Å². The molecule has 0 aliphatic heterocycles. The van der Waals surface area contributed by atoms with Gasteiger partial charge in [-0.15, -0.1) is 24.8 Å². The summed E-state index contributed by atoms with van der Waals surface area (Å²) in [5.74, 6) is 0. The van der Waals surface area contributed by atoms with Crippen LogP contribution in [0.2, 0.25) is 4.63 Å². The fraction of sp³-hybridized carbons (Fsp3) is 0.440. The van der Waals surface area contributed by atoms with Gasteiger partial charge < -0.3 is 0 Å². The first-order valence-electron chi connectivity index (χ1n) is 10.3. The van der Waals surface area contributed by atoms with Crippen LogP contribution >= 0.6 is 24.8 Å². The van der Waals surface area contributed by atoms with Crippen molar-refractivity contribution in [3.63, 3.8) is 0 Å². The summed E-state index contributed by atoms with van der Waals surface area (Å²) in [6.45, 7) is 16.4. The number of benzene rings is 1. The van der Waals surface area contributed by atoms with E-state index in [9.17, 15) is 0 Å². The van der Waals surface area contributed by atoms with Crippen molar-refractivity contribution in [1.82, 2.24) is 0 Å². The van der Waals surface area contributed by atoms with Crippen molar-refractivity contribution in [2.75, 3.05) is 0 Å². The van der Waals surface area contributed by atoms with Crippen LogP contribution in [0.15, 0.2) is 72.3 Å². The van der Waals surface area contributed by atoms with Crippen LogP contribution in [-0.2, 0) is 17.4 Å². The number of allylic oxidation sites excluding steroid dienone is 8. The van der Waals surface area contributed by atoms with E-state index in [4.69, 9.17) is 0 Å². The smallest absolute Gasteiger partial charge is 0.147 e. The Labute approximate surface area is 193 Å². The molecule has 160 valence electrons. The van der Waals surface area contributed by atoms with E-state index in [0.717, 1.165) is 12.8 Å². The van der Waals surface area contributed by atoms with Gasteiger partial charge in [-0.2, -0.15) is 0 Å². The fourth-order valence-electron chi connectivity index (χ4n) is 4.51. The summed E-state index contributed by atoms with van der Waals surface area (Å²) < 4.78 is 7.76. The molecule has 0 radical (unpaired) electrons. The number of rotatable bonds is 3. The third-order valence-electron chi connectivity index (χ3n) is 6.77. The summed E-state index contributed by atoms with van der Waals surface area (Å²) >= 11 is -3.49. The SMILES string of the molecule is CC(C)(C)C1=CC[C]([Zr]([CH3])(=[SiH2])([C]2=CC(C(C)(C)C)=CC2)[c]2ccccc2)=C1.Cl.Cl. The zero-order valence-electron chi connectivity index (χ0n) is 19.1. The Morgan fingerprint density at radius 2 is 1.10 bits per heavy atom. The molecule has 1 aromatic rings. The van der Waals surface area contributed by atoms with E-state index in [-0.39, 0.29) is 35.6 Å². The quantitative estimate of drug-likeness (QED) is 0.372. The van der Waals surface area contributed by atoms with Gasteiger partial charge in [0, 0.05) is 0 Å². The van der Waals surface area contributed by atoms with E-state index in [2.05, 4.69) is 108 Å². The zero-order chi connectivity index (χ0) is 20.1. The minimum Gasteiger partial charge on any atom is -0.147 e. The average Bonchev–Trinajstić information content (AvgIpc) is 3.25. The Kier molecular flexibility index (Phi) is 8.14. The van der Waals surface area contributed by atoms with E-state index in [0.29, 0.717) is 0 Å². The van der Waals surface area contributed by atoms with E-state index < -0.39 is 17.4 Å². The van der Waals surface area contributed by atoms with E-state index >= 15 is 0 Å². The molecule has 0 heterocycles. The fourth-order valence-corrected chi connectivity index (χ4v) is 20.2. The maximum absolute atomic E-state index is 3.49. The van der Waals surface area contributed by atoms with Gasteiger partial charge in [-0.25, -0.2) is 0 Å². The van der Waals surface area contributed by atoms with Crippen LogP contribution in [0.4, 0.5) is 0 Å². The molecule has 2 aliphatic rings. The third-order valence-corrected chi connectivity index (χ3v) is 29.5. The summed E-state index contributed by atoms with van der Waals surface area (Å²) in [6.07, 6.45) is 12.4. The van der Waals surface area contributed by atoms with Gasteiger partial charge >= 0.3 is 170 Å². The molecule has 0 fully saturated rings. The molecule has 0 amide bonds. The summed E-state index contributed by atoms with van der Waals surface area (Å²) in [5.41, 5.74) is 3.49. The van der Waals surface area contributed by atoms with Crippen molar-refractivity contribution in [3.8, 4) is 0 Å². The third kappa shape index (κ3) is 4.87. The summed E-state index contributed by atoms with van der Waals surface area (Å²) in [4.78, 5) is 0. The van der Waals surface area contributed by atoms with Gasteiger partial charge in [-0.3, -0.25) is 0 Å². The van der Waals surface area contributed by atoms with Crippen molar-refractivity contribution < 1.29 is 17.4 Å². The molecule has 0 N–H and O–H groups in total. The van der Waals surface area contributed by atoms with Gasteiger partial charge in [-0.1, -0.05) is 0 Å². The van der Waals surface area contributed by atoms with Crippen molar-refractivity contribution in [2.45, 2.75) is 59.0 Å². The molecule has 1 aromatic carbocycles. The predicted molar refractivity (Wildman–Crippen MR) is 135 cm³/mol. The Morgan fingerprint density at radius 1 is 0.724 bits per heavy atom. The molecule has 0 bridgehead atoms. The molecular weight excluding hydrogens is 490 g/mol. The molecule has 0 saturated heterocycles. The minimum absolute atomic E-state index is 0. The van der Waals surface area contributed by atoms with Gasteiger partial charge in [0.1, 0.15) is 0 Å². The molecule has 0 saturated carbocycles. The monoisotopic (exact) mass is 526 g/mol. The first-order valence-corrected chi connectivity index (χ1v) is 22.3. The molecule has 0 atom stereocenters. The molecule has 3 rings (SSSR count). The first kappa shape index (κ1) is 26.9. The van der Waals surface area contributed by atoms with E-state index in [1.54, 1.807) is 9.83 Å². The summed E-state index contributed by atoms with van der Waals surface area (Å²) in [7, 11) is 0. The number of hydrogen-bond acceptors (Lipinski definition) is 0. The van der Waals surface area contributed by atoms with Gasteiger partial charge in [0.15, 0.2) is 0 Å². The van der Waals surface area contributed by atoms with Crippen LogP contribution in [0.1, 0.15) is 54.4 Å². The number of hydrogen-bond donors (Lipinski definition) is 0. The Bertz CT molecular complexity index is 897. The van der Waals surface area contributed by atoms with Crippen LogP contribution < -0.4 is 3.27 Å². The number of halogens is 2.